The van der Waals surface area contributed by atoms with Crippen molar-refractivity contribution in [3.8, 4) is 0 Å². The van der Waals surface area contributed by atoms with E-state index in [-0.39, 0.29) is 11.1 Å². The number of anilines is 1. The third-order valence-electron chi connectivity index (χ3n) is 3.02. The molecule has 1 rings (SSSR count). The fourth-order valence-corrected chi connectivity index (χ4v) is 1.56. The number of carboxylic acid groups (broad SMARTS) is 1. The van der Waals surface area contributed by atoms with Crippen LogP contribution in [0.15, 0.2) is 35.4 Å². The van der Waals surface area contributed by atoms with Gasteiger partial charge in [0.1, 0.15) is 0 Å². The maximum atomic E-state index is 12.0. The number of hydrogen-bond donors (Lipinski definition) is 2. The molecule has 0 heterocycles. The highest BCUT2D eigenvalue weighted by atomic mass is 16.5. The van der Waals surface area contributed by atoms with Crippen molar-refractivity contribution in [2.45, 2.75) is 27.2 Å². The number of carboxylic acids is 1. The molecule has 1 aromatic carbocycles. The smallest absolute Gasteiger partial charge is 0.338 e. The third-order valence-corrected chi connectivity index (χ3v) is 3.02. The van der Waals surface area contributed by atoms with Crippen molar-refractivity contribution in [1.29, 1.82) is 0 Å². The van der Waals surface area contributed by atoms with Crippen molar-refractivity contribution in [2.75, 3.05) is 11.9 Å². The minimum absolute atomic E-state index is 0.0315. The van der Waals surface area contributed by atoms with E-state index in [9.17, 15) is 14.4 Å². The van der Waals surface area contributed by atoms with Crippen molar-refractivity contribution in [3.63, 3.8) is 0 Å². The predicted molar refractivity (Wildman–Crippen MR) is 81.7 cm³/mol. The lowest BCUT2D eigenvalue weighted by Crippen LogP contribution is -2.16. The molecule has 1 amide bonds. The molecule has 0 bridgehead atoms. The Labute approximate surface area is 128 Å². The number of ether oxygens (including phenoxy) is 1. The molecule has 0 unspecified atom stereocenters. The summed E-state index contributed by atoms with van der Waals surface area (Å²) in [5.41, 5.74) is 0.791. The summed E-state index contributed by atoms with van der Waals surface area (Å²) >= 11 is 0. The van der Waals surface area contributed by atoms with Crippen LogP contribution in [-0.2, 0) is 14.3 Å². The van der Waals surface area contributed by atoms with Crippen LogP contribution in [0.3, 0.4) is 0 Å². The lowest BCUT2D eigenvalue weighted by atomic mass is 10.1. The number of rotatable bonds is 6. The molecular weight excluding hydrogens is 286 g/mol. The molecule has 0 aliphatic carbocycles. The molecule has 0 fully saturated rings. The van der Waals surface area contributed by atoms with E-state index in [0.29, 0.717) is 17.9 Å². The van der Waals surface area contributed by atoms with Gasteiger partial charge in [-0.25, -0.2) is 9.59 Å². The number of esters is 1. The Morgan fingerprint density at radius 1 is 1.18 bits per heavy atom. The van der Waals surface area contributed by atoms with Crippen molar-refractivity contribution in [2.24, 2.45) is 0 Å². The van der Waals surface area contributed by atoms with E-state index in [2.05, 4.69) is 5.32 Å². The molecule has 0 atom stereocenters. The fraction of sp³-hybridized carbons (Fsp3) is 0.312. The molecule has 0 aliphatic heterocycles. The zero-order valence-corrected chi connectivity index (χ0v) is 12.8. The van der Waals surface area contributed by atoms with E-state index < -0.39 is 17.8 Å². The molecule has 1 aromatic rings. The van der Waals surface area contributed by atoms with Gasteiger partial charge in [-0.05, 0) is 38.5 Å². The van der Waals surface area contributed by atoms with E-state index in [1.165, 1.54) is 19.9 Å². The zero-order chi connectivity index (χ0) is 16.7. The van der Waals surface area contributed by atoms with Gasteiger partial charge in [0.25, 0.3) is 5.91 Å². The van der Waals surface area contributed by atoms with Gasteiger partial charge in [0.05, 0.1) is 12.2 Å². The van der Waals surface area contributed by atoms with Crippen LogP contribution < -0.4 is 5.32 Å². The van der Waals surface area contributed by atoms with Crippen molar-refractivity contribution in [3.05, 3.63) is 41.0 Å². The number of carbonyl (C=O) groups excluding carboxylic acids is 2. The summed E-state index contributed by atoms with van der Waals surface area (Å²) in [6.45, 7) is 5.01. The monoisotopic (exact) mass is 305 g/mol. The molecule has 0 saturated heterocycles. The van der Waals surface area contributed by atoms with Gasteiger partial charge >= 0.3 is 11.9 Å². The zero-order valence-electron chi connectivity index (χ0n) is 12.8. The Morgan fingerprint density at radius 3 is 2.45 bits per heavy atom. The molecule has 0 aliphatic rings. The number of benzene rings is 1. The lowest BCUT2D eigenvalue weighted by Gasteiger charge is -2.09. The first kappa shape index (κ1) is 17.4. The average Bonchev–Trinajstić information content (AvgIpc) is 2.51. The molecule has 6 heteroatoms. The third kappa shape index (κ3) is 4.73. The molecule has 0 spiro atoms. The van der Waals surface area contributed by atoms with E-state index in [1.807, 2.05) is 6.92 Å². The van der Waals surface area contributed by atoms with Gasteiger partial charge in [-0.15, -0.1) is 0 Å². The maximum absolute atomic E-state index is 12.0. The fourth-order valence-electron chi connectivity index (χ4n) is 1.56. The predicted octanol–water partition coefficient (Wildman–Crippen LogP) is 2.61. The van der Waals surface area contributed by atoms with Gasteiger partial charge in [0, 0.05) is 16.8 Å². The summed E-state index contributed by atoms with van der Waals surface area (Å²) in [6.07, 6.45) is 0.723. The number of aliphatic carboxylic acids is 1. The standard InChI is InChI=1S/C16H19NO5/c1-4-8-22-16(21)12-6-5-7-13(9-12)17-14(18)10(2)11(3)15(19)20/h5-7,9H,4,8H2,1-3H3,(H,17,18)(H,19,20)/b11-10-. The highest BCUT2D eigenvalue weighted by Crippen LogP contribution is 2.14. The number of hydrogen-bond acceptors (Lipinski definition) is 4. The molecule has 2 N–H and O–H groups in total. The normalized spacial score (nSPS) is 11.4. The van der Waals surface area contributed by atoms with Gasteiger partial charge in [-0.3, -0.25) is 4.79 Å². The minimum Gasteiger partial charge on any atom is -0.478 e. The second-order valence-electron chi connectivity index (χ2n) is 4.73. The van der Waals surface area contributed by atoms with Crippen molar-refractivity contribution in [1.82, 2.24) is 0 Å². The Kier molecular flexibility index (Phi) is 6.31. The minimum atomic E-state index is -1.15. The largest absolute Gasteiger partial charge is 0.478 e. The van der Waals surface area contributed by atoms with Gasteiger partial charge < -0.3 is 15.2 Å². The average molecular weight is 305 g/mol. The number of nitrogens with one attached hydrogen (secondary N) is 1. The first-order chi connectivity index (χ1) is 10.4. The molecule has 118 valence electrons. The first-order valence-electron chi connectivity index (χ1n) is 6.86. The van der Waals surface area contributed by atoms with Gasteiger partial charge in [0.2, 0.25) is 0 Å². The Morgan fingerprint density at radius 2 is 1.86 bits per heavy atom. The Hall–Kier alpha value is -2.63. The van der Waals surface area contributed by atoms with Crippen LogP contribution >= 0.6 is 0 Å². The highest BCUT2D eigenvalue weighted by Gasteiger charge is 2.14. The lowest BCUT2D eigenvalue weighted by molar-refractivity contribution is -0.133. The van der Waals surface area contributed by atoms with Crippen LogP contribution in [0, 0.1) is 0 Å². The molecule has 0 saturated carbocycles. The number of amides is 1. The summed E-state index contributed by atoms with van der Waals surface area (Å²) in [5.74, 6) is -2.14. The topological polar surface area (TPSA) is 92.7 Å². The van der Waals surface area contributed by atoms with Gasteiger partial charge in [-0.1, -0.05) is 13.0 Å². The SMILES string of the molecule is CCCOC(=O)c1cccc(NC(=O)/C(C)=C(/C)C(=O)O)c1. The van der Waals surface area contributed by atoms with Crippen LogP contribution in [0.1, 0.15) is 37.6 Å². The van der Waals surface area contributed by atoms with Crippen molar-refractivity contribution < 1.29 is 24.2 Å². The van der Waals surface area contributed by atoms with E-state index >= 15 is 0 Å². The van der Waals surface area contributed by atoms with Crippen LogP contribution in [0.5, 0.6) is 0 Å². The Bertz CT molecular complexity index is 619. The summed E-state index contributed by atoms with van der Waals surface area (Å²) in [6, 6.07) is 6.29. The molecule has 6 nitrogen and oxygen atoms in total. The Balaban J connectivity index is 2.87. The molecule has 22 heavy (non-hydrogen) atoms. The second kappa shape index (κ2) is 7.97. The first-order valence-corrected chi connectivity index (χ1v) is 6.86. The summed E-state index contributed by atoms with van der Waals surface area (Å²) < 4.78 is 5.02. The quantitative estimate of drug-likeness (QED) is 0.622. The maximum Gasteiger partial charge on any atom is 0.338 e. The van der Waals surface area contributed by atoms with E-state index in [1.54, 1.807) is 18.2 Å². The van der Waals surface area contributed by atoms with Crippen LogP contribution in [-0.4, -0.2) is 29.6 Å². The summed E-state index contributed by atoms with van der Waals surface area (Å²) in [7, 11) is 0. The van der Waals surface area contributed by atoms with Crippen LogP contribution in [0.4, 0.5) is 5.69 Å². The number of carbonyl (C=O) groups is 3. The van der Waals surface area contributed by atoms with Gasteiger partial charge in [0.15, 0.2) is 0 Å². The van der Waals surface area contributed by atoms with Gasteiger partial charge in [-0.2, -0.15) is 0 Å². The summed E-state index contributed by atoms with van der Waals surface area (Å²) in [5, 5.41) is 11.4. The molecule has 0 aromatic heterocycles. The summed E-state index contributed by atoms with van der Waals surface area (Å²) in [4.78, 5) is 34.6. The second-order valence-corrected chi connectivity index (χ2v) is 4.73. The highest BCUT2D eigenvalue weighted by molar-refractivity contribution is 6.08. The van der Waals surface area contributed by atoms with Crippen molar-refractivity contribution >= 4 is 23.5 Å². The van der Waals surface area contributed by atoms with Crippen LogP contribution in [0.2, 0.25) is 0 Å². The van der Waals surface area contributed by atoms with Crippen LogP contribution in [0.25, 0.3) is 0 Å². The molecule has 0 radical (unpaired) electrons. The molecular formula is C16H19NO5. The van der Waals surface area contributed by atoms with E-state index in [4.69, 9.17) is 9.84 Å². The van der Waals surface area contributed by atoms with E-state index in [0.717, 1.165) is 6.42 Å².